The zero-order valence-electron chi connectivity index (χ0n) is 13.5. The van der Waals surface area contributed by atoms with Crippen LogP contribution in [0.15, 0.2) is 16.6 Å². The Morgan fingerprint density at radius 3 is 2.70 bits per heavy atom. The second kappa shape index (κ2) is 8.29. The molecular formula is C16H22BrN3O3. The normalized spacial score (nSPS) is 15.3. The maximum Gasteiger partial charge on any atom is 0.325 e. The van der Waals surface area contributed by atoms with E-state index >= 15 is 0 Å². The Hall–Kier alpha value is -1.63. The number of pyridine rings is 1. The molecule has 126 valence electrons. The lowest BCUT2D eigenvalue weighted by molar-refractivity contribution is -0.143. The third kappa shape index (κ3) is 4.92. The standard InChI is InChI=1S/C16H22BrN3O3/c1-3-23-15(21)10-18-16(22)12-6-8-20(9-7-12)14-5-4-13(17)11(2)19-14/h4-5,12H,3,6-10H2,1-2H3,(H,18,22). The molecule has 0 aromatic carbocycles. The molecule has 23 heavy (non-hydrogen) atoms. The van der Waals surface area contributed by atoms with E-state index in [1.165, 1.54) is 0 Å². The molecule has 1 saturated heterocycles. The lowest BCUT2D eigenvalue weighted by atomic mass is 9.96. The second-order valence-electron chi connectivity index (χ2n) is 5.52. The highest BCUT2D eigenvalue weighted by Gasteiger charge is 2.26. The average Bonchev–Trinajstić information content (AvgIpc) is 2.55. The number of piperidine rings is 1. The van der Waals surface area contributed by atoms with E-state index in [0.29, 0.717) is 6.61 Å². The number of hydrogen-bond acceptors (Lipinski definition) is 5. The van der Waals surface area contributed by atoms with Gasteiger partial charge in [-0.1, -0.05) is 0 Å². The van der Waals surface area contributed by atoms with Crippen molar-refractivity contribution in [1.82, 2.24) is 10.3 Å². The summed E-state index contributed by atoms with van der Waals surface area (Å²) in [5, 5.41) is 2.65. The van der Waals surface area contributed by atoms with E-state index in [1.54, 1.807) is 6.92 Å². The zero-order valence-corrected chi connectivity index (χ0v) is 15.1. The first kappa shape index (κ1) is 17.7. The molecule has 1 aromatic rings. The Morgan fingerprint density at radius 2 is 2.09 bits per heavy atom. The molecule has 1 aromatic heterocycles. The van der Waals surface area contributed by atoms with Gasteiger partial charge in [-0.3, -0.25) is 9.59 Å². The number of aryl methyl sites for hydroxylation is 1. The van der Waals surface area contributed by atoms with E-state index in [1.807, 2.05) is 19.1 Å². The van der Waals surface area contributed by atoms with Gasteiger partial charge in [0.15, 0.2) is 0 Å². The topological polar surface area (TPSA) is 71.5 Å². The first-order valence-electron chi connectivity index (χ1n) is 7.82. The summed E-state index contributed by atoms with van der Waals surface area (Å²) in [4.78, 5) is 30.1. The van der Waals surface area contributed by atoms with Crippen molar-refractivity contribution >= 4 is 33.6 Å². The van der Waals surface area contributed by atoms with E-state index < -0.39 is 5.97 Å². The fourth-order valence-electron chi connectivity index (χ4n) is 2.59. The van der Waals surface area contributed by atoms with Crippen molar-refractivity contribution in [1.29, 1.82) is 0 Å². The van der Waals surface area contributed by atoms with Crippen molar-refractivity contribution < 1.29 is 14.3 Å². The third-order valence-corrected chi connectivity index (χ3v) is 4.75. The number of esters is 1. The summed E-state index contributed by atoms with van der Waals surface area (Å²) in [6, 6.07) is 3.98. The van der Waals surface area contributed by atoms with Gasteiger partial charge in [0.05, 0.1) is 12.3 Å². The van der Waals surface area contributed by atoms with Crippen LogP contribution in [-0.4, -0.2) is 43.1 Å². The van der Waals surface area contributed by atoms with E-state index in [2.05, 4.69) is 31.1 Å². The predicted octanol–water partition coefficient (Wildman–Crippen LogP) is 2.05. The molecule has 1 N–H and O–H groups in total. The lowest BCUT2D eigenvalue weighted by Gasteiger charge is -2.32. The Balaban J connectivity index is 1.82. The van der Waals surface area contributed by atoms with E-state index in [9.17, 15) is 9.59 Å². The van der Waals surface area contributed by atoms with Crippen LogP contribution >= 0.6 is 15.9 Å². The van der Waals surface area contributed by atoms with Gasteiger partial charge < -0.3 is 15.0 Å². The van der Waals surface area contributed by atoms with Crippen molar-refractivity contribution in [3.63, 3.8) is 0 Å². The average molecular weight is 384 g/mol. The molecule has 2 heterocycles. The van der Waals surface area contributed by atoms with Crippen LogP contribution in [0.2, 0.25) is 0 Å². The van der Waals surface area contributed by atoms with Crippen molar-refractivity contribution in [2.24, 2.45) is 5.92 Å². The van der Waals surface area contributed by atoms with Gasteiger partial charge in [0.1, 0.15) is 12.4 Å². The van der Waals surface area contributed by atoms with Crippen molar-refractivity contribution in [2.75, 3.05) is 31.1 Å². The highest BCUT2D eigenvalue weighted by Crippen LogP contribution is 2.24. The molecule has 6 nitrogen and oxygen atoms in total. The van der Waals surface area contributed by atoms with Crippen molar-refractivity contribution in [3.05, 3.63) is 22.3 Å². The summed E-state index contributed by atoms with van der Waals surface area (Å²) in [5.74, 6) is 0.416. The molecule has 7 heteroatoms. The molecule has 1 aliphatic heterocycles. The Kier molecular flexibility index (Phi) is 6.38. The number of ether oxygens (including phenoxy) is 1. The number of carbonyl (C=O) groups is 2. The summed E-state index contributed by atoms with van der Waals surface area (Å²) in [7, 11) is 0. The van der Waals surface area contributed by atoms with Crippen LogP contribution < -0.4 is 10.2 Å². The third-order valence-electron chi connectivity index (χ3n) is 3.91. The smallest absolute Gasteiger partial charge is 0.325 e. The maximum absolute atomic E-state index is 12.1. The number of rotatable bonds is 5. The van der Waals surface area contributed by atoms with Crippen molar-refractivity contribution in [2.45, 2.75) is 26.7 Å². The van der Waals surface area contributed by atoms with Crippen LogP contribution in [0.25, 0.3) is 0 Å². The molecule has 0 atom stereocenters. The molecule has 0 saturated carbocycles. The van der Waals surface area contributed by atoms with Gasteiger partial charge >= 0.3 is 5.97 Å². The van der Waals surface area contributed by atoms with Crippen LogP contribution in [0.5, 0.6) is 0 Å². The Bertz CT molecular complexity index is 572. The molecule has 0 spiro atoms. The fraction of sp³-hybridized carbons (Fsp3) is 0.562. The Morgan fingerprint density at radius 1 is 1.39 bits per heavy atom. The summed E-state index contributed by atoms with van der Waals surface area (Å²) >= 11 is 3.45. The molecule has 1 aliphatic rings. The van der Waals surface area contributed by atoms with Crippen LogP contribution in [0.1, 0.15) is 25.5 Å². The minimum atomic E-state index is -0.396. The van der Waals surface area contributed by atoms with E-state index in [-0.39, 0.29) is 18.4 Å². The highest BCUT2D eigenvalue weighted by atomic mass is 79.9. The molecular weight excluding hydrogens is 362 g/mol. The number of nitrogens with zero attached hydrogens (tertiary/aromatic N) is 2. The van der Waals surface area contributed by atoms with Crippen molar-refractivity contribution in [3.8, 4) is 0 Å². The van der Waals surface area contributed by atoms with Gasteiger partial charge in [0.25, 0.3) is 0 Å². The number of halogens is 1. The van der Waals surface area contributed by atoms with Crippen LogP contribution in [0, 0.1) is 12.8 Å². The van der Waals surface area contributed by atoms with E-state index in [0.717, 1.165) is 41.9 Å². The second-order valence-corrected chi connectivity index (χ2v) is 6.38. The van der Waals surface area contributed by atoms with Gasteiger partial charge in [-0.25, -0.2) is 4.98 Å². The van der Waals surface area contributed by atoms with Gasteiger partial charge in [-0.15, -0.1) is 0 Å². The van der Waals surface area contributed by atoms with Crippen LogP contribution in [0.4, 0.5) is 5.82 Å². The number of aromatic nitrogens is 1. The van der Waals surface area contributed by atoms with Crippen LogP contribution in [0.3, 0.4) is 0 Å². The summed E-state index contributed by atoms with van der Waals surface area (Å²) in [5.41, 5.74) is 0.955. The van der Waals surface area contributed by atoms with Gasteiger partial charge in [-0.05, 0) is 54.8 Å². The molecule has 2 rings (SSSR count). The number of nitrogens with one attached hydrogen (secondary N) is 1. The molecule has 0 bridgehead atoms. The molecule has 1 fully saturated rings. The Labute approximate surface area is 144 Å². The summed E-state index contributed by atoms with van der Waals surface area (Å²) in [6.07, 6.45) is 1.51. The summed E-state index contributed by atoms with van der Waals surface area (Å²) < 4.78 is 5.80. The van der Waals surface area contributed by atoms with Crippen LogP contribution in [-0.2, 0) is 14.3 Å². The maximum atomic E-state index is 12.1. The number of hydrogen-bond donors (Lipinski definition) is 1. The predicted molar refractivity (Wildman–Crippen MR) is 91.3 cm³/mol. The number of carbonyl (C=O) groups excluding carboxylic acids is 2. The summed E-state index contributed by atoms with van der Waals surface area (Å²) in [6.45, 7) is 5.54. The SMILES string of the molecule is CCOC(=O)CNC(=O)C1CCN(c2ccc(Br)c(C)n2)CC1. The van der Waals surface area contributed by atoms with E-state index in [4.69, 9.17) is 4.74 Å². The quantitative estimate of drug-likeness (QED) is 0.787. The largest absolute Gasteiger partial charge is 0.465 e. The fourth-order valence-corrected chi connectivity index (χ4v) is 2.81. The molecule has 0 aliphatic carbocycles. The number of anilines is 1. The monoisotopic (exact) mass is 383 g/mol. The van der Waals surface area contributed by atoms with Gasteiger partial charge in [-0.2, -0.15) is 0 Å². The van der Waals surface area contributed by atoms with Gasteiger partial charge in [0, 0.05) is 23.5 Å². The highest BCUT2D eigenvalue weighted by molar-refractivity contribution is 9.10. The molecule has 0 unspecified atom stereocenters. The molecule has 1 amide bonds. The molecule has 0 radical (unpaired) electrons. The number of amides is 1. The first-order valence-corrected chi connectivity index (χ1v) is 8.62. The lowest BCUT2D eigenvalue weighted by Crippen LogP contribution is -2.42. The van der Waals surface area contributed by atoms with Gasteiger partial charge in [0.2, 0.25) is 5.91 Å². The minimum absolute atomic E-state index is 0.0552. The minimum Gasteiger partial charge on any atom is -0.465 e. The first-order chi connectivity index (χ1) is 11.0. The zero-order chi connectivity index (χ0) is 16.8.